The summed E-state index contributed by atoms with van der Waals surface area (Å²) in [5.41, 5.74) is 1.67. The van der Waals surface area contributed by atoms with Gasteiger partial charge in [0, 0.05) is 33.0 Å². The lowest BCUT2D eigenvalue weighted by Gasteiger charge is -2.09. The number of aromatic nitrogens is 2. The van der Waals surface area contributed by atoms with E-state index >= 15 is 0 Å². The number of ketones is 1. The van der Waals surface area contributed by atoms with E-state index in [2.05, 4.69) is 4.98 Å². The Morgan fingerprint density at radius 2 is 1.62 bits per heavy atom. The number of benzene rings is 2. The molecule has 3 aromatic rings. The summed E-state index contributed by atoms with van der Waals surface area (Å²) >= 11 is 18.0. The van der Waals surface area contributed by atoms with Crippen molar-refractivity contribution in [3.63, 3.8) is 0 Å². The summed E-state index contributed by atoms with van der Waals surface area (Å²) in [5.74, 6) is -0.166. The number of carbonyl (C=O) groups is 1. The third-order valence-corrected chi connectivity index (χ3v) is 4.00. The fraction of sp³-hybridized carbons (Fsp3) is 0. The first-order chi connectivity index (χ1) is 11.5. The molecule has 0 aliphatic carbocycles. The number of rotatable bonds is 4. The number of hydrogen-bond donors (Lipinski definition) is 0. The van der Waals surface area contributed by atoms with E-state index in [-0.39, 0.29) is 5.78 Å². The second kappa shape index (κ2) is 7.22. The Hall–Kier alpha value is -2.07. The van der Waals surface area contributed by atoms with Gasteiger partial charge in [-0.25, -0.2) is 4.98 Å². The minimum absolute atomic E-state index is 0.166. The highest BCUT2D eigenvalue weighted by Crippen LogP contribution is 2.24. The van der Waals surface area contributed by atoms with Gasteiger partial charge < -0.3 is 4.57 Å². The van der Waals surface area contributed by atoms with Crippen molar-refractivity contribution in [3.05, 3.63) is 87.4 Å². The maximum absolute atomic E-state index is 12.9. The van der Waals surface area contributed by atoms with Crippen LogP contribution in [0.2, 0.25) is 15.1 Å². The number of halogens is 3. The molecule has 0 radical (unpaired) electrons. The van der Waals surface area contributed by atoms with Crippen molar-refractivity contribution in [1.29, 1.82) is 0 Å². The van der Waals surface area contributed by atoms with E-state index in [1.165, 1.54) is 0 Å². The Morgan fingerprint density at radius 3 is 2.21 bits per heavy atom. The first kappa shape index (κ1) is 16.8. The molecule has 0 aliphatic rings. The third kappa shape index (κ3) is 3.88. The van der Waals surface area contributed by atoms with E-state index in [0.717, 1.165) is 5.56 Å². The molecule has 1 aromatic heterocycles. The monoisotopic (exact) mass is 376 g/mol. The zero-order valence-corrected chi connectivity index (χ0v) is 14.6. The average Bonchev–Trinajstić information content (AvgIpc) is 3.06. The molecule has 0 N–H and O–H groups in total. The summed E-state index contributed by atoms with van der Waals surface area (Å²) in [6.07, 6.45) is 6.59. The number of hydrogen-bond acceptors (Lipinski definition) is 2. The SMILES string of the molecule is O=C(C(=Cc1cc(Cl)cc(Cl)c1)n1ccnc1)c1ccc(Cl)cc1. The molecule has 120 valence electrons. The first-order valence-corrected chi connectivity index (χ1v) is 8.13. The van der Waals surface area contributed by atoms with Crippen LogP contribution in [0.4, 0.5) is 0 Å². The van der Waals surface area contributed by atoms with Gasteiger partial charge in [-0.15, -0.1) is 0 Å². The summed E-state index contributed by atoms with van der Waals surface area (Å²) in [6, 6.07) is 11.8. The molecule has 0 saturated carbocycles. The van der Waals surface area contributed by atoms with Crippen LogP contribution < -0.4 is 0 Å². The third-order valence-electron chi connectivity index (χ3n) is 3.31. The lowest BCUT2D eigenvalue weighted by molar-refractivity contribution is 0.105. The number of Topliss-reactive ketones (excluding diaryl/α,β-unsaturated/α-hetero) is 1. The molecule has 0 amide bonds. The summed E-state index contributed by atoms with van der Waals surface area (Å²) in [7, 11) is 0. The Bertz CT molecular complexity index is 880. The van der Waals surface area contributed by atoms with Gasteiger partial charge in [-0.05, 0) is 54.1 Å². The van der Waals surface area contributed by atoms with Crippen molar-refractivity contribution in [3.8, 4) is 0 Å². The lowest BCUT2D eigenvalue weighted by Crippen LogP contribution is -2.08. The van der Waals surface area contributed by atoms with Crippen LogP contribution in [0, 0.1) is 0 Å². The highest BCUT2D eigenvalue weighted by atomic mass is 35.5. The molecule has 0 fully saturated rings. The minimum Gasteiger partial charge on any atom is -0.303 e. The van der Waals surface area contributed by atoms with E-state index in [4.69, 9.17) is 34.8 Å². The molecule has 1 heterocycles. The Labute approximate surface area is 154 Å². The molecule has 0 bridgehead atoms. The zero-order valence-electron chi connectivity index (χ0n) is 12.3. The van der Waals surface area contributed by atoms with Gasteiger partial charge in [-0.3, -0.25) is 4.79 Å². The number of carbonyl (C=O) groups excluding carboxylic acids is 1. The maximum Gasteiger partial charge on any atom is 0.209 e. The molecule has 0 unspecified atom stereocenters. The lowest BCUT2D eigenvalue weighted by atomic mass is 10.1. The van der Waals surface area contributed by atoms with Gasteiger partial charge in [0.2, 0.25) is 5.78 Å². The smallest absolute Gasteiger partial charge is 0.209 e. The summed E-state index contributed by atoms with van der Waals surface area (Å²) in [4.78, 5) is 16.9. The molecule has 0 spiro atoms. The van der Waals surface area contributed by atoms with E-state index in [1.807, 2.05) is 0 Å². The second-order valence-corrected chi connectivity index (χ2v) is 6.35. The summed E-state index contributed by atoms with van der Waals surface area (Å²) in [6.45, 7) is 0. The molecule has 0 atom stereocenters. The van der Waals surface area contributed by atoms with Crippen molar-refractivity contribution in [2.45, 2.75) is 0 Å². The van der Waals surface area contributed by atoms with E-state index < -0.39 is 0 Å². The van der Waals surface area contributed by atoms with Crippen molar-refractivity contribution in [1.82, 2.24) is 9.55 Å². The van der Waals surface area contributed by atoms with Gasteiger partial charge in [-0.1, -0.05) is 34.8 Å². The maximum atomic E-state index is 12.9. The number of allylic oxidation sites excluding steroid dienone is 1. The van der Waals surface area contributed by atoms with Crippen molar-refractivity contribution >= 4 is 52.4 Å². The van der Waals surface area contributed by atoms with Crippen LogP contribution in [0.5, 0.6) is 0 Å². The predicted molar refractivity (Wildman–Crippen MR) is 98.6 cm³/mol. The zero-order chi connectivity index (χ0) is 17.1. The van der Waals surface area contributed by atoms with E-state index in [9.17, 15) is 4.79 Å². The van der Waals surface area contributed by atoms with E-state index in [0.29, 0.717) is 26.3 Å². The van der Waals surface area contributed by atoms with Gasteiger partial charge in [-0.2, -0.15) is 0 Å². The van der Waals surface area contributed by atoms with Gasteiger partial charge in [0.25, 0.3) is 0 Å². The van der Waals surface area contributed by atoms with Gasteiger partial charge in [0.1, 0.15) is 0 Å². The highest BCUT2D eigenvalue weighted by Gasteiger charge is 2.14. The van der Waals surface area contributed by atoms with Gasteiger partial charge >= 0.3 is 0 Å². The topological polar surface area (TPSA) is 34.9 Å². The molecule has 24 heavy (non-hydrogen) atoms. The van der Waals surface area contributed by atoms with Crippen LogP contribution in [-0.2, 0) is 0 Å². The van der Waals surface area contributed by atoms with Crippen molar-refractivity contribution in [2.75, 3.05) is 0 Å². The molecular weight excluding hydrogens is 367 g/mol. The second-order valence-electron chi connectivity index (χ2n) is 5.04. The summed E-state index contributed by atoms with van der Waals surface area (Å²) in [5, 5.41) is 1.57. The molecule has 2 aromatic carbocycles. The quantitative estimate of drug-likeness (QED) is 0.430. The standard InChI is InChI=1S/C18H11Cl3N2O/c19-14-3-1-13(2-4-14)18(24)17(23-6-5-22-11-23)9-12-7-15(20)10-16(21)8-12/h1-11H. The van der Waals surface area contributed by atoms with Gasteiger partial charge in [0.15, 0.2) is 0 Å². The molecule has 6 heteroatoms. The fourth-order valence-corrected chi connectivity index (χ4v) is 2.89. The number of imidazole rings is 1. The fourth-order valence-electron chi connectivity index (χ4n) is 2.22. The average molecular weight is 378 g/mol. The molecule has 0 saturated heterocycles. The van der Waals surface area contributed by atoms with Crippen LogP contribution >= 0.6 is 34.8 Å². The normalized spacial score (nSPS) is 11.5. The Kier molecular flexibility index (Phi) is 5.05. The molecule has 0 aliphatic heterocycles. The summed E-state index contributed by atoms with van der Waals surface area (Å²) < 4.78 is 1.64. The van der Waals surface area contributed by atoms with Crippen LogP contribution in [0.1, 0.15) is 15.9 Å². The van der Waals surface area contributed by atoms with Crippen LogP contribution in [0.15, 0.2) is 61.2 Å². The van der Waals surface area contributed by atoms with E-state index in [1.54, 1.807) is 71.8 Å². The molecule has 3 nitrogen and oxygen atoms in total. The molecular formula is C18H11Cl3N2O. The molecule has 3 rings (SSSR count). The van der Waals surface area contributed by atoms with Crippen LogP contribution in [0.3, 0.4) is 0 Å². The van der Waals surface area contributed by atoms with Crippen LogP contribution in [-0.4, -0.2) is 15.3 Å². The Morgan fingerprint density at radius 1 is 0.958 bits per heavy atom. The van der Waals surface area contributed by atoms with Crippen molar-refractivity contribution in [2.24, 2.45) is 0 Å². The first-order valence-electron chi connectivity index (χ1n) is 6.99. The minimum atomic E-state index is -0.166. The van der Waals surface area contributed by atoms with Crippen LogP contribution in [0.25, 0.3) is 11.8 Å². The van der Waals surface area contributed by atoms with Crippen molar-refractivity contribution < 1.29 is 4.79 Å². The predicted octanol–water partition coefficient (Wildman–Crippen LogP) is 5.72. The number of nitrogens with zero attached hydrogens (tertiary/aromatic N) is 2. The highest BCUT2D eigenvalue weighted by molar-refractivity contribution is 6.35. The Balaban J connectivity index is 2.08. The largest absolute Gasteiger partial charge is 0.303 e. The van der Waals surface area contributed by atoms with Gasteiger partial charge in [0.05, 0.1) is 12.0 Å².